The molecule has 2 aromatic rings. The number of nitro groups is 1. The van der Waals surface area contributed by atoms with E-state index in [4.69, 9.17) is 0 Å². The molecule has 2 rings (SSSR count). The van der Waals surface area contributed by atoms with Crippen molar-refractivity contribution in [2.45, 2.75) is 6.42 Å². The molecule has 1 heterocycles. The number of nitrogens with zero attached hydrogens (tertiary/aromatic N) is 3. The molecule has 19 heavy (non-hydrogen) atoms. The highest BCUT2D eigenvalue weighted by molar-refractivity contribution is 5.77. The Bertz CT molecular complexity index is 605. The van der Waals surface area contributed by atoms with Crippen molar-refractivity contribution < 1.29 is 9.72 Å². The first-order valence-electron chi connectivity index (χ1n) is 5.47. The van der Waals surface area contributed by atoms with E-state index in [-0.39, 0.29) is 18.0 Å². The van der Waals surface area contributed by atoms with Crippen LogP contribution in [-0.4, -0.2) is 33.1 Å². The summed E-state index contributed by atoms with van der Waals surface area (Å²) in [5.41, 5.74) is 0.648. The lowest BCUT2D eigenvalue weighted by Crippen LogP contribution is -2.20. The van der Waals surface area contributed by atoms with Gasteiger partial charge in [0.25, 0.3) is 5.69 Å². The number of likely N-dealkylation sites (N-methyl/N-ethyl adjacent to an activating group) is 1. The van der Waals surface area contributed by atoms with Crippen LogP contribution in [0.5, 0.6) is 0 Å². The highest BCUT2D eigenvalue weighted by atomic mass is 16.6. The van der Waals surface area contributed by atoms with E-state index >= 15 is 0 Å². The molecule has 0 fully saturated rings. The Hall–Kier alpha value is -2.77. The van der Waals surface area contributed by atoms with Crippen LogP contribution in [0.1, 0.15) is 5.82 Å². The van der Waals surface area contributed by atoms with E-state index in [1.807, 2.05) is 0 Å². The third-order valence-electron chi connectivity index (χ3n) is 2.47. The lowest BCUT2D eigenvalue weighted by atomic mass is 10.2. The molecule has 0 aliphatic carbocycles. The van der Waals surface area contributed by atoms with Crippen molar-refractivity contribution in [2.24, 2.45) is 0 Å². The largest absolute Gasteiger partial charge is 0.359 e. The number of nitrogens with one attached hydrogen (secondary N) is 2. The number of hydrogen-bond acceptors (Lipinski definition) is 5. The van der Waals surface area contributed by atoms with Gasteiger partial charge >= 0.3 is 0 Å². The molecule has 0 radical (unpaired) electrons. The van der Waals surface area contributed by atoms with Gasteiger partial charge in [0.1, 0.15) is 5.82 Å². The summed E-state index contributed by atoms with van der Waals surface area (Å²) in [6.07, 6.45) is 0.108. The van der Waals surface area contributed by atoms with Crippen LogP contribution in [0.3, 0.4) is 0 Å². The van der Waals surface area contributed by atoms with E-state index in [9.17, 15) is 14.9 Å². The Kier molecular flexibility index (Phi) is 3.51. The lowest BCUT2D eigenvalue weighted by Gasteiger charge is -1.95. The second kappa shape index (κ2) is 5.25. The molecular weight excluding hydrogens is 250 g/mol. The van der Waals surface area contributed by atoms with Gasteiger partial charge in [0.05, 0.1) is 11.3 Å². The van der Waals surface area contributed by atoms with E-state index in [1.54, 1.807) is 12.1 Å². The number of aromatic nitrogens is 3. The lowest BCUT2D eigenvalue weighted by molar-refractivity contribution is -0.384. The molecule has 0 spiro atoms. The summed E-state index contributed by atoms with van der Waals surface area (Å²) >= 11 is 0. The third kappa shape index (κ3) is 2.92. The molecule has 0 aliphatic rings. The fourth-order valence-corrected chi connectivity index (χ4v) is 1.48. The maximum Gasteiger partial charge on any atom is 0.269 e. The second-order valence-corrected chi connectivity index (χ2v) is 3.76. The number of carbonyl (C=O) groups is 1. The number of aromatic amines is 1. The predicted molar refractivity (Wildman–Crippen MR) is 66.2 cm³/mol. The molecule has 0 unspecified atom stereocenters. The third-order valence-corrected chi connectivity index (χ3v) is 2.47. The zero-order valence-corrected chi connectivity index (χ0v) is 10.1. The smallest absolute Gasteiger partial charge is 0.269 e. The van der Waals surface area contributed by atoms with Gasteiger partial charge < -0.3 is 5.32 Å². The summed E-state index contributed by atoms with van der Waals surface area (Å²) in [4.78, 5) is 25.4. The Morgan fingerprint density at radius 3 is 2.68 bits per heavy atom. The first-order chi connectivity index (χ1) is 9.10. The summed E-state index contributed by atoms with van der Waals surface area (Å²) in [7, 11) is 1.54. The molecule has 1 amide bonds. The maximum atomic E-state index is 11.2. The zero-order valence-electron chi connectivity index (χ0n) is 10.1. The minimum Gasteiger partial charge on any atom is -0.359 e. The Morgan fingerprint density at radius 2 is 2.11 bits per heavy atom. The number of non-ortho nitro benzene ring substituents is 1. The van der Waals surface area contributed by atoms with Gasteiger partial charge in [0.15, 0.2) is 5.82 Å². The minimum absolute atomic E-state index is 0.00451. The quantitative estimate of drug-likeness (QED) is 0.620. The molecule has 1 aromatic heterocycles. The van der Waals surface area contributed by atoms with Gasteiger partial charge in [-0.05, 0) is 12.1 Å². The van der Waals surface area contributed by atoms with Crippen LogP contribution in [0.2, 0.25) is 0 Å². The van der Waals surface area contributed by atoms with Crippen LogP contribution < -0.4 is 5.32 Å². The Labute approximate surface area is 108 Å². The van der Waals surface area contributed by atoms with Crippen molar-refractivity contribution in [1.82, 2.24) is 20.5 Å². The molecular formula is C11H11N5O3. The fourth-order valence-electron chi connectivity index (χ4n) is 1.48. The molecule has 0 bridgehead atoms. The van der Waals surface area contributed by atoms with Crippen molar-refractivity contribution in [2.75, 3.05) is 7.05 Å². The number of benzene rings is 1. The number of H-pyrrole nitrogens is 1. The normalized spacial score (nSPS) is 10.2. The van der Waals surface area contributed by atoms with Crippen molar-refractivity contribution >= 4 is 11.6 Å². The predicted octanol–water partition coefficient (Wildman–Crippen LogP) is 0.668. The van der Waals surface area contributed by atoms with Gasteiger partial charge in [-0.3, -0.25) is 20.0 Å². The van der Waals surface area contributed by atoms with Crippen molar-refractivity contribution in [3.05, 3.63) is 40.2 Å². The fraction of sp³-hybridized carbons (Fsp3) is 0.182. The summed E-state index contributed by atoms with van der Waals surface area (Å²) < 4.78 is 0. The molecule has 2 N–H and O–H groups in total. The standard InChI is InChI=1S/C11H11N5O3/c1-12-10(17)6-9-13-11(15-14-9)7-2-4-8(5-3-7)16(18)19/h2-5H,6H2,1H3,(H,12,17)(H,13,14,15). The van der Waals surface area contributed by atoms with Gasteiger partial charge in [-0.2, -0.15) is 5.10 Å². The van der Waals surface area contributed by atoms with E-state index in [1.165, 1.54) is 19.2 Å². The molecule has 0 atom stereocenters. The Balaban J connectivity index is 2.18. The summed E-state index contributed by atoms with van der Waals surface area (Å²) in [5, 5.41) is 19.6. The topological polar surface area (TPSA) is 114 Å². The van der Waals surface area contributed by atoms with Crippen LogP contribution in [0.15, 0.2) is 24.3 Å². The monoisotopic (exact) mass is 261 g/mol. The summed E-state index contributed by atoms with van der Waals surface area (Å²) in [5.74, 6) is 0.660. The van der Waals surface area contributed by atoms with Crippen molar-refractivity contribution in [3.8, 4) is 11.4 Å². The second-order valence-electron chi connectivity index (χ2n) is 3.76. The minimum atomic E-state index is -0.473. The van der Waals surface area contributed by atoms with E-state index in [0.717, 1.165) is 0 Å². The highest BCUT2D eigenvalue weighted by Gasteiger charge is 2.10. The zero-order chi connectivity index (χ0) is 13.8. The van der Waals surface area contributed by atoms with Crippen LogP contribution in [-0.2, 0) is 11.2 Å². The molecule has 0 saturated carbocycles. The number of amides is 1. The number of hydrogen-bond donors (Lipinski definition) is 2. The van der Waals surface area contributed by atoms with Crippen LogP contribution >= 0.6 is 0 Å². The average molecular weight is 261 g/mol. The van der Waals surface area contributed by atoms with E-state index < -0.39 is 4.92 Å². The van der Waals surface area contributed by atoms with Crippen molar-refractivity contribution in [1.29, 1.82) is 0 Å². The molecule has 1 aromatic carbocycles. The first kappa shape index (κ1) is 12.7. The van der Waals surface area contributed by atoms with Gasteiger partial charge in [-0.1, -0.05) is 0 Å². The molecule has 0 aliphatic heterocycles. The van der Waals surface area contributed by atoms with Gasteiger partial charge in [0.2, 0.25) is 5.91 Å². The van der Waals surface area contributed by atoms with Gasteiger partial charge in [-0.25, -0.2) is 4.98 Å². The highest BCUT2D eigenvalue weighted by Crippen LogP contribution is 2.19. The van der Waals surface area contributed by atoms with Gasteiger partial charge in [-0.15, -0.1) is 0 Å². The molecule has 8 heteroatoms. The maximum absolute atomic E-state index is 11.2. The summed E-state index contributed by atoms with van der Waals surface area (Å²) in [6.45, 7) is 0. The number of rotatable bonds is 4. The summed E-state index contributed by atoms with van der Waals surface area (Å²) in [6, 6.07) is 5.88. The van der Waals surface area contributed by atoms with Crippen LogP contribution in [0.25, 0.3) is 11.4 Å². The Morgan fingerprint density at radius 1 is 1.42 bits per heavy atom. The average Bonchev–Trinajstić information content (AvgIpc) is 2.87. The van der Waals surface area contributed by atoms with E-state index in [0.29, 0.717) is 17.2 Å². The molecule has 0 saturated heterocycles. The van der Waals surface area contributed by atoms with E-state index in [2.05, 4.69) is 20.5 Å². The number of carbonyl (C=O) groups excluding carboxylic acids is 1. The van der Waals surface area contributed by atoms with Crippen LogP contribution in [0.4, 0.5) is 5.69 Å². The molecule has 8 nitrogen and oxygen atoms in total. The van der Waals surface area contributed by atoms with Crippen molar-refractivity contribution in [3.63, 3.8) is 0 Å². The van der Waals surface area contributed by atoms with Crippen LogP contribution in [0, 0.1) is 10.1 Å². The van der Waals surface area contributed by atoms with Gasteiger partial charge in [0, 0.05) is 24.7 Å². The molecule has 98 valence electrons. The SMILES string of the molecule is CNC(=O)Cc1nc(-c2ccc([N+](=O)[O-])cc2)n[nH]1. The number of nitro benzene ring substituents is 1. The first-order valence-corrected chi connectivity index (χ1v) is 5.47.